The van der Waals surface area contributed by atoms with Crippen molar-refractivity contribution in [3.05, 3.63) is 64.9 Å². The fraction of sp³-hybridized carbons (Fsp3) is 0.190. The molecule has 0 saturated carbocycles. The van der Waals surface area contributed by atoms with Crippen molar-refractivity contribution in [3.8, 4) is 17.2 Å². The van der Waals surface area contributed by atoms with E-state index in [1.807, 2.05) is 0 Å². The maximum atomic E-state index is 14.4. The van der Waals surface area contributed by atoms with E-state index in [9.17, 15) is 18.4 Å². The van der Waals surface area contributed by atoms with Crippen molar-refractivity contribution >= 4 is 17.5 Å². The van der Waals surface area contributed by atoms with E-state index < -0.39 is 23.5 Å². The molecule has 2 aliphatic rings. The summed E-state index contributed by atoms with van der Waals surface area (Å²) in [6.07, 6.45) is -0.0707. The molecule has 0 bridgehead atoms. The molecule has 2 aromatic carbocycles. The number of benzene rings is 2. The minimum absolute atomic E-state index is 0.0303. The number of carbonyl (C=O) groups is 2. The molecule has 3 heterocycles. The van der Waals surface area contributed by atoms with Crippen LogP contribution >= 0.6 is 0 Å². The Morgan fingerprint density at radius 3 is 2.77 bits per heavy atom. The summed E-state index contributed by atoms with van der Waals surface area (Å²) in [6, 6.07) is 7.90. The van der Waals surface area contributed by atoms with E-state index in [0.29, 0.717) is 28.3 Å². The first kappa shape index (κ1) is 18.3. The van der Waals surface area contributed by atoms with Gasteiger partial charge in [-0.25, -0.2) is 13.5 Å². The maximum absolute atomic E-state index is 14.4. The maximum Gasteiger partial charge on any atom is 0.231 e. The van der Waals surface area contributed by atoms with Crippen molar-refractivity contribution in [1.29, 1.82) is 0 Å². The summed E-state index contributed by atoms with van der Waals surface area (Å²) >= 11 is 0. The number of aryl methyl sites for hydroxylation is 1. The minimum atomic E-state index is -0.834. The van der Waals surface area contributed by atoms with Crippen molar-refractivity contribution in [2.75, 3.05) is 12.1 Å². The monoisotopic (exact) mass is 411 g/mol. The number of hydrogen-bond donors (Lipinski definition) is 1. The van der Waals surface area contributed by atoms with Gasteiger partial charge in [-0.1, -0.05) is 0 Å². The Morgan fingerprint density at radius 1 is 1.17 bits per heavy atom. The van der Waals surface area contributed by atoms with Gasteiger partial charge in [0.15, 0.2) is 23.1 Å². The molecule has 0 saturated heterocycles. The van der Waals surface area contributed by atoms with Crippen molar-refractivity contribution in [1.82, 2.24) is 9.78 Å². The van der Waals surface area contributed by atoms with Crippen LogP contribution in [0.15, 0.2) is 36.4 Å². The number of anilines is 1. The highest BCUT2D eigenvalue weighted by Gasteiger charge is 2.37. The molecule has 1 atom stereocenters. The lowest BCUT2D eigenvalue weighted by atomic mass is 9.85. The van der Waals surface area contributed by atoms with E-state index in [0.717, 1.165) is 12.1 Å². The first-order valence-electron chi connectivity index (χ1n) is 9.21. The number of aromatic nitrogens is 2. The van der Waals surface area contributed by atoms with Crippen molar-refractivity contribution in [2.24, 2.45) is 0 Å². The Hall–Kier alpha value is -3.75. The van der Waals surface area contributed by atoms with E-state index in [1.54, 1.807) is 25.1 Å². The zero-order valence-electron chi connectivity index (χ0n) is 15.7. The highest BCUT2D eigenvalue weighted by atomic mass is 19.1. The van der Waals surface area contributed by atoms with Gasteiger partial charge in [0, 0.05) is 23.6 Å². The summed E-state index contributed by atoms with van der Waals surface area (Å²) in [6.45, 7) is 1.76. The van der Waals surface area contributed by atoms with Crippen LogP contribution in [0.3, 0.4) is 0 Å². The van der Waals surface area contributed by atoms with Gasteiger partial charge in [0.1, 0.15) is 17.3 Å². The highest BCUT2D eigenvalue weighted by Crippen LogP contribution is 2.40. The SMILES string of the molecule is Cc1nn(-c2ccc(F)cc2F)c2c1C(C(=O)c1ccc3c(c1)OCO3)CC(=O)N2. The number of fused-ring (bicyclic) bond motifs is 2. The summed E-state index contributed by atoms with van der Waals surface area (Å²) < 4.78 is 39.5. The number of halogens is 2. The van der Waals surface area contributed by atoms with Crippen LogP contribution in [0.4, 0.5) is 14.6 Å². The number of carbonyl (C=O) groups excluding carboxylic acids is 2. The number of ether oxygens (including phenoxy) is 2. The Labute approximate surface area is 169 Å². The van der Waals surface area contributed by atoms with Crippen LogP contribution in [0.1, 0.15) is 34.0 Å². The molecule has 3 aromatic rings. The van der Waals surface area contributed by atoms with Crippen LogP contribution in [-0.2, 0) is 4.79 Å². The lowest BCUT2D eigenvalue weighted by molar-refractivity contribution is -0.116. The molecule has 5 rings (SSSR count). The number of nitrogens with one attached hydrogen (secondary N) is 1. The van der Waals surface area contributed by atoms with Gasteiger partial charge in [-0.2, -0.15) is 5.10 Å². The fourth-order valence-corrected chi connectivity index (χ4v) is 3.85. The lowest BCUT2D eigenvalue weighted by Gasteiger charge is -2.23. The second-order valence-corrected chi connectivity index (χ2v) is 7.09. The molecule has 2 aliphatic heterocycles. The summed E-state index contributed by atoms with van der Waals surface area (Å²) in [5, 5.41) is 6.99. The molecule has 1 N–H and O–H groups in total. The van der Waals surface area contributed by atoms with E-state index in [1.165, 1.54) is 10.7 Å². The molecule has 1 unspecified atom stereocenters. The quantitative estimate of drug-likeness (QED) is 0.667. The molecule has 9 heteroatoms. The molecular formula is C21H15F2N3O4. The number of hydrogen-bond acceptors (Lipinski definition) is 5. The molecule has 0 fully saturated rings. The topological polar surface area (TPSA) is 82.5 Å². The Kier molecular flexibility index (Phi) is 4.05. The van der Waals surface area contributed by atoms with Gasteiger partial charge in [-0.3, -0.25) is 9.59 Å². The number of Topliss-reactive ketones (excluding diaryl/α,β-unsaturated/α-hetero) is 1. The predicted molar refractivity (Wildman–Crippen MR) is 101 cm³/mol. The summed E-state index contributed by atoms with van der Waals surface area (Å²) in [5.74, 6) is -1.84. The average Bonchev–Trinajstić information content (AvgIpc) is 3.31. The lowest BCUT2D eigenvalue weighted by Crippen LogP contribution is -2.28. The van der Waals surface area contributed by atoms with Gasteiger partial charge in [0.05, 0.1) is 11.6 Å². The van der Waals surface area contributed by atoms with Crippen molar-refractivity contribution < 1.29 is 27.8 Å². The van der Waals surface area contributed by atoms with Gasteiger partial charge in [0.2, 0.25) is 12.7 Å². The fourth-order valence-electron chi connectivity index (χ4n) is 3.85. The van der Waals surface area contributed by atoms with Crippen LogP contribution in [0.2, 0.25) is 0 Å². The molecule has 7 nitrogen and oxygen atoms in total. The van der Waals surface area contributed by atoms with Gasteiger partial charge >= 0.3 is 0 Å². The first-order valence-corrected chi connectivity index (χ1v) is 9.21. The largest absolute Gasteiger partial charge is 0.454 e. The van der Waals surface area contributed by atoms with Crippen LogP contribution in [0, 0.1) is 18.6 Å². The van der Waals surface area contributed by atoms with E-state index >= 15 is 0 Å². The molecule has 1 aromatic heterocycles. The zero-order chi connectivity index (χ0) is 21.0. The van der Waals surface area contributed by atoms with Gasteiger partial charge in [0.25, 0.3) is 0 Å². The third kappa shape index (κ3) is 2.81. The first-order chi connectivity index (χ1) is 14.4. The van der Waals surface area contributed by atoms with Crippen LogP contribution in [0.5, 0.6) is 11.5 Å². The Bertz CT molecular complexity index is 1220. The Morgan fingerprint density at radius 2 is 1.97 bits per heavy atom. The zero-order valence-corrected chi connectivity index (χ0v) is 15.7. The molecule has 0 radical (unpaired) electrons. The van der Waals surface area contributed by atoms with Crippen LogP contribution < -0.4 is 14.8 Å². The number of rotatable bonds is 3. The van der Waals surface area contributed by atoms with E-state index in [4.69, 9.17) is 9.47 Å². The van der Waals surface area contributed by atoms with Gasteiger partial charge in [-0.05, 0) is 37.3 Å². The minimum Gasteiger partial charge on any atom is -0.454 e. The van der Waals surface area contributed by atoms with Crippen molar-refractivity contribution in [3.63, 3.8) is 0 Å². The number of amides is 1. The van der Waals surface area contributed by atoms with E-state index in [-0.39, 0.29) is 30.5 Å². The molecule has 1 amide bonds. The van der Waals surface area contributed by atoms with E-state index in [2.05, 4.69) is 10.4 Å². The molecule has 0 spiro atoms. The standard InChI is InChI=1S/C21H15F2N3O4/c1-10-19-13(20(28)11-2-5-16-17(6-11)30-9-29-16)8-18(27)24-21(19)26(25-10)15-4-3-12(22)7-14(15)23/h2-7,13H,8-9H2,1H3,(H,24,27). The third-order valence-electron chi connectivity index (χ3n) is 5.21. The Balaban J connectivity index is 1.60. The van der Waals surface area contributed by atoms with Crippen LogP contribution in [0.25, 0.3) is 5.69 Å². The smallest absolute Gasteiger partial charge is 0.231 e. The summed E-state index contributed by atoms with van der Waals surface area (Å²) in [7, 11) is 0. The van der Waals surface area contributed by atoms with Crippen molar-refractivity contribution in [2.45, 2.75) is 19.3 Å². The highest BCUT2D eigenvalue weighted by molar-refractivity contribution is 6.08. The molecule has 152 valence electrons. The molecule has 0 aliphatic carbocycles. The second kappa shape index (κ2) is 6.65. The number of ketones is 1. The van der Waals surface area contributed by atoms with Crippen LogP contribution in [-0.4, -0.2) is 28.3 Å². The predicted octanol–water partition coefficient (Wildman–Crippen LogP) is 3.50. The second-order valence-electron chi connectivity index (χ2n) is 7.09. The molecular weight excluding hydrogens is 396 g/mol. The van der Waals surface area contributed by atoms with Gasteiger partial charge in [-0.15, -0.1) is 0 Å². The third-order valence-corrected chi connectivity index (χ3v) is 5.21. The average molecular weight is 411 g/mol. The number of nitrogens with zero attached hydrogens (tertiary/aromatic N) is 2. The normalized spacial score (nSPS) is 16.9. The summed E-state index contributed by atoms with van der Waals surface area (Å²) in [5.41, 5.74) is 1.30. The van der Waals surface area contributed by atoms with Gasteiger partial charge < -0.3 is 14.8 Å². The summed E-state index contributed by atoms with van der Waals surface area (Å²) in [4.78, 5) is 25.7. The molecule has 30 heavy (non-hydrogen) atoms.